The van der Waals surface area contributed by atoms with Crippen LogP contribution >= 0.6 is 0 Å². The van der Waals surface area contributed by atoms with Gasteiger partial charge in [-0.15, -0.1) is 10.2 Å². The zero-order valence-corrected chi connectivity index (χ0v) is 16.4. The minimum Gasteiger partial charge on any atom is -0.417 e. The van der Waals surface area contributed by atoms with Gasteiger partial charge in [0.15, 0.2) is 0 Å². The average molecular weight is 438 g/mol. The van der Waals surface area contributed by atoms with Gasteiger partial charge in [0.1, 0.15) is 11.7 Å². The fourth-order valence-corrected chi connectivity index (χ4v) is 5.07. The molecule has 3 aromatic rings. The number of rotatable bonds is 4. The largest absolute Gasteiger partial charge is 0.417 e. The highest BCUT2D eigenvalue weighted by atomic mass is 32.2. The first-order valence-electron chi connectivity index (χ1n) is 9.21. The van der Waals surface area contributed by atoms with Crippen LogP contribution in [-0.2, 0) is 16.2 Å². The molecule has 2 aromatic heterocycles. The van der Waals surface area contributed by atoms with E-state index in [1.807, 2.05) is 0 Å². The standard InChI is InChI=1S/C19H17F3N4O3S/c20-19(21,22)13-6-5-7-14(12-13)30(27,28)26-11-4-2-9-16(26)18-25-24-17(29-18)15-8-1-3-10-23-15/h1,3,5-8,10,12,16H,2,4,9,11H2. The summed E-state index contributed by atoms with van der Waals surface area (Å²) in [6, 6.07) is 8.11. The molecule has 0 bridgehead atoms. The predicted octanol–water partition coefficient (Wildman–Crippen LogP) is 4.07. The predicted molar refractivity (Wildman–Crippen MR) is 99.5 cm³/mol. The Bertz CT molecular complexity index is 1130. The third-order valence-corrected chi connectivity index (χ3v) is 6.74. The van der Waals surface area contributed by atoms with Crippen molar-refractivity contribution in [1.29, 1.82) is 0 Å². The highest BCUT2D eigenvalue weighted by Crippen LogP contribution is 2.37. The fourth-order valence-electron chi connectivity index (χ4n) is 3.37. The van der Waals surface area contributed by atoms with Crippen molar-refractivity contribution in [3.05, 3.63) is 60.1 Å². The summed E-state index contributed by atoms with van der Waals surface area (Å²) in [5.41, 5.74) is -0.577. The van der Waals surface area contributed by atoms with E-state index in [-0.39, 0.29) is 18.3 Å². The van der Waals surface area contributed by atoms with E-state index in [1.165, 1.54) is 0 Å². The van der Waals surface area contributed by atoms with Crippen molar-refractivity contribution in [2.75, 3.05) is 6.54 Å². The molecule has 30 heavy (non-hydrogen) atoms. The minimum atomic E-state index is -4.64. The van der Waals surface area contributed by atoms with Crippen molar-refractivity contribution in [1.82, 2.24) is 19.5 Å². The molecule has 0 saturated carbocycles. The van der Waals surface area contributed by atoms with Crippen LogP contribution in [0.5, 0.6) is 0 Å². The van der Waals surface area contributed by atoms with Gasteiger partial charge in [0.05, 0.1) is 10.5 Å². The van der Waals surface area contributed by atoms with Crippen molar-refractivity contribution in [2.45, 2.75) is 36.4 Å². The SMILES string of the molecule is O=S(=O)(c1cccc(C(F)(F)F)c1)N1CCCCC1c1nnc(-c2ccccn2)o1. The Morgan fingerprint density at radius 3 is 2.63 bits per heavy atom. The number of hydrogen-bond acceptors (Lipinski definition) is 6. The number of sulfonamides is 1. The van der Waals surface area contributed by atoms with E-state index in [0.717, 1.165) is 28.9 Å². The van der Waals surface area contributed by atoms with E-state index < -0.39 is 32.7 Å². The molecular weight excluding hydrogens is 421 g/mol. The molecular formula is C19H17F3N4O3S. The van der Waals surface area contributed by atoms with Crippen LogP contribution in [0.4, 0.5) is 13.2 Å². The molecule has 1 aromatic carbocycles. The summed E-state index contributed by atoms with van der Waals surface area (Å²) in [6.07, 6.45) is -1.36. The summed E-state index contributed by atoms with van der Waals surface area (Å²) >= 11 is 0. The van der Waals surface area contributed by atoms with Crippen LogP contribution in [0.25, 0.3) is 11.6 Å². The van der Waals surface area contributed by atoms with Gasteiger partial charge in [-0.2, -0.15) is 17.5 Å². The first-order valence-corrected chi connectivity index (χ1v) is 10.6. The quantitative estimate of drug-likeness (QED) is 0.610. The van der Waals surface area contributed by atoms with E-state index in [1.54, 1.807) is 24.4 Å². The lowest BCUT2D eigenvalue weighted by Gasteiger charge is -2.32. The molecule has 0 radical (unpaired) electrons. The zero-order valence-electron chi connectivity index (χ0n) is 15.6. The van der Waals surface area contributed by atoms with E-state index in [0.29, 0.717) is 24.6 Å². The molecule has 158 valence electrons. The smallest absolute Gasteiger partial charge is 0.416 e. The van der Waals surface area contributed by atoms with Crippen molar-refractivity contribution in [3.8, 4) is 11.6 Å². The molecule has 1 aliphatic heterocycles. The van der Waals surface area contributed by atoms with Gasteiger partial charge in [0, 0.05) is 12.7 Å². The highest BCUT2D eigenvalue weighted by molar-refractivity contribution is 7.89. The average Bonchev–Trinajstić information content (AvgIpc) is 3.24. The molecule has 0 spiro atoms. The second-order valence-electron chi connectivity index (χ2n) is 6.81. The van der Waals surface area contributed by atoms with Gasteiger partial charge >= 0.3 is 6.18 Å². The van der Waals surface area contributed by atoms with Gasteiger partial charge in [0.2, 0.25) is 15.9 Å². The van der Waals surface area contributed by atoms with Gasteiger partial charge in [-0.05, 0) is 43.2 Å². The molecule has 7 nitrogen and oxygen atoms in total. The van der Waals surface area contributed by atoms with Crippen LogP contribution in [0.1, 0.15) is 36.8 Å². The number of piperidine rings is 1. The second kappa shape index (κ2) is 7.80. The lowest BCUT2D eigenvalue weighted by Crippen LogP contribution is -2.38. The summed E-state index contributed by atoms with van der Waals surface area (Å²) in [5, 5.41) is 7.94. The Kier molecular flexibility index (Phi) is 5.33. The number of benzene rings is 1. The summed E-state index contributed by atoms with van der Waals surface area (Å²) in [6.45, 7) is 0.143. The fraction of sp³-hybridized carbons (Fsp3) is 0.316. The topological polar surface area (TPSA) is 89.2 Å². The first kappa shape index (κ1) is 20.5. The third-order valence-electron chi connectivity index (χ3n) is 4.83. The normalized spacial score (nSPS) is 18.4. The number of nitrogens with zero attached hydrogens (tertiary/aromatic N) is 4. The summed E-state index contributed by atoms with van der Waals surface area (Å²) < 4.78 is 72.4. The Morgan fingerprint density at radius 2 is 1.90 bits per heavy atom. The zero-order chi connectivity index (χ0) is 21.4. The van der Waals surface area contributed by atoms with Gasteiger partial charge < -0.3 is 4.42 Å². The number of hydrogen-bond donors (Lipinski definition) is 0. The van der Waals surface area contributed by atoms with Crippen LogP contribution < -0.4 is 0 Å². The Balaban J connectivity index is 1.68. The van der Waals surface area contributed by atoms with E-state index in [4.69, 9.17) is 4.42 Å². The van der Waals surface area contributed by atoms with Crippen LogP contribution in [0, 0.1) is 0 Å². The lowest BCUT2D eigenvalue weighted by molar-refractivity contribution is -0.137. The third kappa shape index (κ3) is 3.94. The molecule has 1 aliphatic rings. The molecule has 1 saturated heterocycles. The molecule has 11 heteroatoms. The van der Waals surface area contributed by atoms with Crippen molar-refractivity contribution < 1.29 is 26.0 Å². The van der Waals surface area contributed by atoms with Gasteiger partial charge in [0.25, 0.3) is 5.89 Å². The Morgan fingerprint density at radius 1 is 1.07 bits per heavy atom. The molecule has 0 N–H and O–H groups in total. The van der Waals surface area contributed by atoms with Crippen molar-refractivity contribution in [2.24, 2.45) is 0 Å². The van der Waals surface area contributed by atoms with Crippen LogP contribution in [0.2, 0.25) is 0 Å². The number of alkyl halides is 3. The Labute approximate surface area is 170 Å². The molecule has 1 fully saturated rings. The number of halogens is 3. The molecule has 0 aliphatic carbocycles. The van der Waals surface area contributed by atoms with Crippen molar-refractivity contribution >= 4 is 10.0 Å². The maximum atomic E-state index is 13.2. The van der Waals surface area contributed by atoms with Gasteiger partial charge in [-0.1, -0.05) is 18.6 Å². The van der Waals surface area contributed by atoms with Crippen LogP contribution in [0.3, 0.4) is 0 Å². The Hall–Kier alpha value is -2.79. The molecule has 4 rings (SSSR count). The maximum Gasteiger partial charge on any atom is 0.416 e. The molecule has 1 unspecified atom stereocenters. The number of aromatic nitrogens is 3. The molecule has 3 heterocycles. The second-order valence-corrected chi connectivity index (χ2v) is 8.70. The van der Waals surface area contributed by atoms with Gasteiger partial charge in [-0.3, -0.25) is 4.98 Å². The lowest BCUT2D eigenvalue weighted by atomic mass is 10.1. The van der Waals surface area contributed by atoms with Crippen molar-refractivity contribution in [3.63, 3.8) is 0 Å². The van der Waals surface area contributed by atoms with Crippen LogP contribution in [-0.4, -0.2) is 34.4 Å². The van der Waals surface area contributed by atoms with E-state index in [2.05, 4.69) is 15.2 Å². The maximum absolute atomic E-state index is 13.2. The monoisotopic (exact) mass is 438 g/mol. The van der Waals surface area contributed by atoms with E-state index in [9.17, 15) is 21.6 Å². The minimum absolute atomic E-state index is 0.0888. The van der Waals surface area contributed by atoms with E-state index >= 15 is 0 Å². The molecule has 0 amide bonds. The highest BCUT2D eigenvalue weighted by Gasteiger charge is 2.39. The summed E-state index contributed by atoms with van der Waals surface area (Å²) in [7, 11) is -4.21. The van der Waals surface area contributed by atoms with Crippen LogP contribution in [0.15, 0.2) is 58.0 Å². The molecule has 1 atom stereocenters. The van der Waals surface area contributed by atoms with Gasteiger partial charge in [-0.25, -0.2) is 8.42 Å². The first-order chi connectivity index (χ1) is 14.3. The number of pyridine rings is 1. The summed E-state index contributed by atoms with van der Waals surface area (Å²) in [5.74, 6) is 0.235. The summed E-state index contributed by atoms with van der Waals surface area (Å²) in [4.78, 5) is 3.70.